The SMILES string of the molecule is CCCOc1ccccc1Oc1ncccc1CNC(=NC)NCc1ccccn1. The number of nitrogens with zero attached hydrogens (tertiary/aromatic N) is 3. The van der Waals surface area contributed by atoms with Gasteiger partial charge in [0, 0.05) is 31.5 Å². The largest absolute Gasteiger partial charge is 0.490 e. The zero-order valence-electron chi connectivity index (χ0n) is 17.3. The van der Waals surface area contributed by atoms with E-state index in [1.807, 2.05) is 54.6 Å². The maximum atomic E-state index is 6.09. The number of benzene rings is 1. The number of hydrogen-bond donors (Lipinski definition) is 2. The third kappa shape index (κ3) is 6.20. The average molecular weight is 406 g/mol. The molecule has 7 nitrogen and oxygen atoms in total. The molecule has 0 atom stereocenters. The zero-order valence-corrected chi connectivity index (χ0v) is 17.3. The summed E-state index contributed by atoms with van der Waals surface area (Å²) < 4.78 is 11.9. The molecule has 0 unspecified atom stereocenters. The van der Waals surface area contributed by atoms with E-state index in [0.717, 1.165) is 17.7 Å². The van der Waals surface area contributed by atoms with Crippen molar-refractivity contribution in [1.29, 1.82) is 0 Å². The van der Waals surface area contributed by atoms with E-state index < -0.39 is 0 Å². The molecule has 0 bridgehead atoms. The molecule has 30 heavy (non-hydrogen) atoms. The Morgan fingerprint density at radius 1 is 0.900 bits per heavy atom. The Balaban J connectivity index is 1.64. The molecule has 0 saturated carbocycles. The van der Waals surface area contributed by atoms with Gasteiger partial charge in [-0.3, -0.25) is 9.98 Å². The summed E-state index contributed by atoms with van der Waals surface area (Å²) in [7, 11) is 1.73. The van der Waals surface area contributed by atoms with E-state index in [9.17, 15) is 0 Å². The van der Waals surface area contributed by atoms with E-state index in [0.29, 0.717) is 43.0 Å². The first-order chi connectivity index (χ1) is 14.8. The molecule has 0 amide bonds. The van der Waals surface area contributed by atoms with Gasteiger partial charge in [0.2, 0.25) is 5.88 Å². The van der Waals surface area contributed by atoms with Crippen LogP contribution in [0.1, 0.15) is 24.6 Å². The number of hydrogen-bond acceptors (Lipinski definition) is 5. The highest BCUT2D eigenvalue weighted by Crippen LogP contribution is 2.31. The summed E-state index contributed by atoms with van der Waals surface area (Å²) in [6, 6.07) is 17.3. The summed E-state index contributed by atoms with van der Waals surface area (Å²) in [5.41, 5.74) is 1.85. The second-order valence-electron chi connectivity index (χ2n) is 6.47. The van der Waals surface area contributed by atoms with Gasteiger partial charge in [-0.15, -0.1) is 0 Å². The van der Waals surface area contributed by atoms with Crippen molar-refractivity contribution in [2.45, 2.75) is 26.4 Å². The molecule has 0 fully saturated rings. The first kappa shape index (κ1) is 21.1. The second kappa shape index (κ2) is 11.4. The molecule has 0 spiro atoms. The van der Waals surface area contributed by atoms with Crippen LogP contribution in [0, 0.1) is 0 Å². The topological polar surface area (TPSA) is 80.7 Å². The summed E-state index contributed by atoms with van der Waals surface area (Å²) in [6.45, 7) is 3.79. The van der Waals surface area contributed by atoms with Crippen molar-refractivity contribution in [2.24, 2.45) is 4.99 Å². The van der Waals surface area contributed by atoms with Crippen LogP contribution < -0.4 is 20.1 Å². The highest BCUT2D eigenvalue weighted by molar-refractivity contribution is 5.79. The van der Waals surface area contributed by atoms with E-state index >= 15 is 0 Å². The smallest absolute Gasteiger partial charge is 0.224 e. The average Bonchev–Trinajstić information content (AvgIpc) is 2.80. The molecule has 2 N–H and O–H groups in total. The maximum absolute atomic E-state index is 6.09. The lowest BCUT2D eigenvalue weighted by atomic mass is 10.2. The van der Waals surface area contributed by atoms with Gasteiger partial charge in [0.15, 0.2) is 17.5 Å². The van der Waals surface area contributed by atoms with Gasteiger partial charge >= 0.3 is 0 Å². The van der Waals surface area contributed by atoms with Crippen molar-refractivity contribution in [2.75, 3.05) is 13.7 Å². The van der Waals surface area contributed by atoms with Gasteiger partial charge in [0.05, 0.1) is 18.8 Å². The number of ether oxygens (including phenoxy) is 2. The summed E-state index contributed by atoms with van der Waals surface area (Å²) in [6.07, 6.45) is 4.41. The summed E-state index contributed by atoms with van der Waals surface area (Å²) in [5, 5.41) is 6.54. The third-order valence-electron chi connectivity index (χ3n) is 4.20. The quantitative estimate of drug-likeness (QED) is 0.415. The second-order valence-corrected chi connectivity index (χ2v) is 6.47. The maximum Gasteiger partial charge on any atom is 0.224 e. The van der Waals surface area contributed by atoms with Gasteiger partial charge in [-0.25, -0.2) is 4.98 Å². The Morgan fingerprint density at radius 3 is 2.43 bits per heavy atom. The first-order valence-corrected chi connectivity index (χ1v) is 9.98. The summed E-state index contributed by atoms with van der Waals surface area (Å²) in [5.74, 6) is 2.54. The Kier molecular flexibility index (Phi) is 8.02. The monoisotopic (exact) mass is 405 g/mol. The lowest BCUT2D eigenvalue weighted by Gasteiger charge is -2.15. The molecule has 2 aromatic heterocycles. The molecule has 0 aliphatic rings. The van der Waals surface area contributed by atoms with Crippen molar-refractivity contribution < 1.29 is 9.47 Å². The molecule has 1 aromatic carbocycles. The molecule has 156 valence electrons. The van der Waals surface area contributed by atoms with Crippen molar-refractivity contribution in [3.05, 3.63) is 78.2 Å². The van der Waals surface area contributed by atoms with E-state index in [-0.39, 0.29) is 0 Å². The molecule has 0 aliphatic heterocycles. The minimum absolute atomic E-state index is 0.503. The molecule has 7 heteroatoms. The van der Waals surface area contributed by atoms with Gasteiger partial charge in [-0.05, 0) is 36.8 Å². The van der Waals surface area contributed by atoms with Gasteiger partial charge in [-0.2, -0.15) is 0 Å². The Morgan fingerprint density at radius 2 is 1.67 bits per heavy atom. The van der Waals surface area contributed by atoms with Crippen molar-refractivity contribution in [1.82, 2.24) is 20.6 Å². The zero-order chi connectivity index (χ0) is 21.0. The van der Waals surface area contributed by atoms with Crippen LogP contribution in [0.4, 0.5) is 0 Å². The van der Waals surface area contributed by atoms with Crippen LogP contribution in [0.5, 0.6) is 17.4 Å². The van der Waals surface area contributed by atoms with Gasteiger partial charge in [0.1, 0.15) is 0 Å². The molecular formula is C23H27N5O2. The van der Waals surface area contributed by atoms with Crippen LogP contribution in [0.15, 0.2) is 72.0 Å². The Bertz CT molecular complexity index is 947. The fourth-order valence-corrected chi connectivity index (χ4v) is 2.70. The van der Waals surface area contributed by atoms with E-state index in [2.05, 4.69) is 32.5 Å². The first-order valence-electron chi connectivity index (χ1n) is 9.98. The van der Waals surface area contributed by atoms with Gasteiger partial charge in [-0.1, -0.05) is 31.2 Å². The number of rotatable bonds is 9. The van der Waals surface area contributed by atoms with Crippen molar-refractivity contribution in [3.8, 4) is 17.4 Å². The minimum atomic E-state index is 0.503. The molecule has 2 heterocycles. The number of para-hydroxylation sites is 2. The molecule has 3 rings (SSSR count). The van der Waals surface area contributed by atoms with Crippen LogP contribution in [0.3, 0.4) is 0 Å². The number of pyridine rings is 2. The Hall–Kier alpha value is -3.61. The molecule has 0 saturated heterocycles. The standard InChI is InChI=1S/C23H27N5O2/c1-3-15-29-20-11-4-5-12-21(20)30-22-18(9-8-14-26-22)16-27-23(24-2)28-17-19-10-6-7-13-25-19/h4-14H,3,15-17H2,1-2H3,(H2,24,27,28). The van der Waals surface area contributed by atoms with E-state index in [1.165, 1.54) is 0 Å². The predicted molar refractivity (Wildman–Crippen MR) is 118 cm³/mol. The van der Waals surface area contributed by atoms with Crippen molar-refractivity contribution in [3.63, 3.8) is 0 Å². The number of guanidine groups is 1. The van der Waals surface area contributed by atoms with E-state index in [1.54, 1.807) is 19.4 Å². The molecular weight excluding hydrogens is 378 g/mol. The lowest BCUT2D eigenvalue weighted by molar-refractivity contribution is 0.300. The molecule has 0 radical (unpaired) electrons. The number of aliphatic imine (C=N–C) groups is 1. The fraction of sp³-hybridized carbons (Fsp3) is 0.261. The number of nitrogens with one attached hydrogen (secondary N) is 2. The minimum Gasteiger partial charge on any atom is -0.490 e. The summed E-state index contributed by atoms with van der Waals surface area (Å²) in [4.78, 5) is 13.0. The fourth-order valence-electron chi connectivity index (χ4n) is 2.70. The van der Waals surface area contributed by atoms with Crippen LogP contribution in [-0.4, -0.2) is 29.6 Å². The highest BCUT2D eigenvalue weighted by atomic mass is 16.5. The van der Waals surface area contributed by atoms with Crippen molar-refractivity contribution >= 4 is 5.96 Å². The van der Waals surface area contributed by atoms with Gasteiger partial charge < -0.3 is 20.1 Å². The lowest BCUT2D eigenvalue weighted by Crippen LogP contribution is -2.36. The Labute approximate surface area is 177 Å². The van der Waals surface area contributed by atoms with Gasteiger partial charge in [0.25, 0.3) is 0 Å². The molecule has 3 aromatic rings. The van der Waals surface area contributed by atoms with Crippen LogP contribution in [0.2, 0.25) is 0 Å². The predicted octanol–water partition coefficient (Wildman–Crippen LogP) is 3.92. The highest BCUT2D eigenvalue weighted by Gasteiger charge is 2.11. The normalized spacial score (nSPS) is 11.1. The summed E-state index contributed by atoms with van der Waals surface area (Å²) >= 11 is 0. The van der Waals surface area contributed by atoms with Crippen LogP contribution in [0.25, 0.3) is 0 Å². The number of aromatic nitrogens is 2. The van der Waals surface area contributed by atoms with Crippen LogP contribution in [-0.2, 0) is 13.1 Å². The van der Waals surface area contributed by atoms with Crippen LogP contribution >= 0.6 is 0 Å². The van der Waals surface area contributed by atoms with E-state index in [4.69, 9.17) is 9.47 Å². The third-order valence-corrected chi connectivity index (χ3v) is 4.20. The molecule has 0 aliphatic carbocycles.